The zero-order chi connectivity index (χ0) is 9.97. The molecule has 1 aromatic carbocycles. The molecule has 0 aliphatic carbocycles. The Hall–Kier alpha value is -1.06. The SMILES string of the molecule is [CH2]Oc1nc(-c2ccc(Cl)cc2)cs1. The van der Waals surface area contributed by atoms with Gasteiger partial charge in [-0.15, -0.1) is 0 Å². The summed E-state index contributed by atoms with van der Waals surface area (Å²) in [6, 6.07) is 7.51. The molecule has 0 saturated heterocycles. The Morgan fingerprint density at radius 1 is 1.29 bits per heavy atom. The molecular formula is C10H7ClNOS. The summed E-state index contributed by atoms with van der Waals surface area (Å²) >= 11 is 7.20. The van der Waals surface area contributed by atoms with Crippen molar-refractivity contribution in [3.05, 3.63) is 41.8 Å². The molecule has 1 heterocycles. The fourth-order valence-corrected chi connectivity index (χ4v) is 1.82. The molecular weight excluding hydrogens is 218 g/mol. The molecule has 2 nitrogen and oxygen atoms in total. The Labute approximate surface area is 91.1 Å². The van der Waals surface area contributed by atoms with Crippen LogP contribution < -0.4 is 4.74 Å². The van der Waals surface area contributed by atoms with Crippen molar-refractivity contribution in [3.63, 3.8) is 0 Å². The van der Waals surface area contributed by atoms with Crippen LogP contribution in [-0.2, 0) is 0 Å². The standard InChI is InChI=1S/C10H7ClNOS/c1-13-10-12-9(6-14-10)7-2-4-8(11)5-3-7/h2-6H,1H2. The maximum absolute atomic E-state index is 5.78. The Kier molecular flexibility index (Phi) is 2.70. The highest BCUT2D eigenvalue weighted by Gasteiger charge is 2.03. The van der Waals surface area contributed by atoms with E-state index in [1.54, 1.807) is 0 Å². The van der Waals surface area contributed by atoms with E-state index in [0.717, 1.165) is 16.3 Å². The van der Waals surface area contributed by atoms with Crippen LogP contribution in [0.2, 0.25) is 5.02 Å². The van der Waals surface area contributed by atoms with E-state index >= 15 is 0 Å². The molecule has 0 saturated carbocycles. The molecule has 1 aromatic heterocycles. The van der Waals surface area contributed by atoms with Crippen molar-refractivity contribution >= 4 is 22.9 Å². The highest BCUT2D eigenvalue weighted by molar-refractivity contribution is 7.11. The first kappa shape index (κ1) is 9.49. The Morgan fingerprint density at radius 3 is 2.57 bits per heavy atom. The van der Waals surface area contributed by atoms with Crippen LogP contribution in [0.3, 0.4) is 0 Å². The van der Waals surface area contributed by atoms with E-state index in [-0.39, 0.29) is 0 Å². The molecule has 0 amide bonds. The average Bonchev–Trinajstić information content (AvgIpc) is 2.67. The predicted octanol–water partition coefficient (Wildman–Crippen LogP) is 3.63. The second-order valence-electron chi connectivity index (χ2n) is 2.65. The van der Waals surface area contributed by atoms with Gasteiger partial charge in [-0.3, -0.25) is 0 Å². The number of rotatable bonds is 2. The first-order valence-electron chi connectivity index (χ1n) is 3.93. The van der Waals surface area contributed by atoms with Gasteiger partial charge in [0.1, 0.15) is 7.11 Å². The summed E-state index contributed by atoms with van der Waals surface area (Å²) in [6.07, 6.45) is 0. The van der Waals surface area contributed by atoms with Crippen LogP contribution in [-0.4, -0.2) is 4.98 Å². The molecule has 0 spiro atoms. The van der Waals surface area contributed by atoms with E-state index < -0.39 is 0 Å². The van der Waals surface area contributed by atoms with Crippen molar-refractivity contribution in [1.29, 1.82) is 0 Å². The van der Waals surface area contributed by atoms with E-state index in [4.69, 9.17) is 16.3 Å². The van der Waals surface area contributed by atoms with Gasteiger partial charge in [0, 0.05) is 16.0 Å². The zero-order valence-electron chi connectivity index (χ0n) is 7.24. The lowest BCUT2D eigenvalue weighted by Crippen LogP contribution is -1.79. The van der Waals surface area contributed by atoms with Crippen LogP contribution in [0.1, 0.15) is 0 Å². The molecule has 1 radical (unpaired) electrons. The third-order valence-corrected chi connectivity index (χ3v) is 2.75. The van der Waals surface area contributed by atoms with Crippen molar-refractivity contribution in [1.82, 2.24) is 4.98 Å². The summed E-state index contributed by atoms with van der Waals surface area (Å²) in [4.78, 5) is 4.22. The minimum absolute atomic E-state index is 0.565. The fourth-order valence-electron chi connectivity index (χ4n) is 1.08. The smallest absolute Gasteiger partial charge is 0.273 e. The summed E-state index contributed by atoms with van der Waals surface area (Å²) < 4.78 is 4.77. The van der Waals surface area contributed by atoms with Crippen LogP contribution in [0.4, 0.5) is 0 Å². The van der Waals surface area contributed by atoms with Crippen LogP contribution in [0.15, 0.2) is 29.6 Å². The Balaban J connectivity index is 2.34. The van der Waals surface area contributed by atoms with Crippen LogP contribution in [0, 0.1) is 7.11 Å². The molecule has 0 atom stereocenters. The quantitative estimate of drug-likeness (QED) is 0.777. The van der Waals surface area contributed by atoms with Gasteiger partial charge in [-0.1, -0.05) is 35.1 Å². The summed E-state index contributed by atoms with van der Waals surface area (Å²) in [5.74, 6) is 0. The summed E-state index contributed by atoms with van der Waals surface area (Å²) in [6.45, 7) is 0. The van der Waals surface area contributed by atoms with Gasteiger partial charge < -0.3 is 4.74 Å². The number of aromatic nitrogens is 1. The normalized spacial score (nSPS) is 10.1. The minimum atomic E-state index is 0.565. The van der Waals surface area contributed by atoms with Crippen molar-refractivity contribution in [2.45, 2.75) is 0 Å². The average molecular weight is 225 g/mol. The van der Waals surface area contributed by atoms with Crippen LogP contribution in [0.25, 0.3) is 11.3 Å². The van der Waals surface area contributed by atoms with E-state index in [1.165, 1.54) is 11.3 Å². The maximum Gasteiger partial charge on any atom is 0.273 e. The molecule has 2 aromatic rings. The predicted molar refractivity (Wildman–Crippen MR) is 58.5 cm³/mol. The van der Waals surface area contributed by atoms with Crippen molar-refractivity contribution in [2.75, 3.05) is 0 Å². The molecule has 0 unspecified atom stereocenters. The van der Waals surface area contributed by atoms with E-state index in [2.05, 4.69) is 12.1 Å². The van der Waals surface area contributed by atoms with E-state index in [1.807, 2.05) is 29.6 Å². The lowest BCUT2D eigenvalue weighted by atomic mass is 10.2. The largest absolute Gasteiger partial charge is 0.466 e. The van der Waals surface area contributed by atoms with Gasteiger partial charge in [0.05, 0.1) is 5.69 Å². The number of thiazole rings is 1. The minimum Gasteiger partial charge on any atom is -0.466 e. The zero-order valence-corrected chi connectivity index (χ0v) is 8.81. The van der Waals surface area contributed by atoms with Gasteiger partial charge in [-0.25, -0.2) is 4.98 Å². The molecule has 14 heavy (non-hydrogen) atoms. The van der Waals surface area contributed by atoms with Crippen molar-refractivity contribution in [2.24, 2.45) is 0 Å². The monoisotopic (exact) mass is 224 g/mol. The summed E-state index contributed by atoms with van der Waals surface area (Å²) in [7, 11) is 3.30. The summed E-state index contributed by atoms with van der Waals surface area (Å²) in [5, 5.41) is 3.21. The molecule has 0 N–H and O–H groups in total. The van der Waals surface area contributed by atoms with Gasteiger partial charge in [0.15, 0.2) is 0 Å². The molecule has 0 bridgehead atoms. The first-order chi connectivity index (χ1) is 6.79. The highest BCUT2D eigenvalue weighted by atomic mass is 35.5. The number of ether oxygens (including phenoxy) is 1. The number of halogens is 1. The fraction of sp³-hybridized carbons (Fsp3) is 0. The molecule has 0 fully saturated rings. The second-order valence-corrected chi connectivity index (χ2v) is 3.91. The number of nitrogens with zero attached hydrogens (tertiary/aromatic N) is 1. The summed E-state index contributed by atoms with van der Waals surface area (Å²) in [5.41, 5.74) is 1.90. The molecule has 0 aliphatic rings. The van der Waals surface area contributed by atoms with Gasteiger partial charge >= 0.3 is 0 Å². The lowest BCUT2D eigenvalue weighted by molar-refractivity contribution is 0.469. The number of hydrogen-bond donors (Lipinski definition) is 0. The third-order valence-electron chi connectivity index (χ3n) is 1.75. The molecule has 4 heteroatoms. The maximum atomic E-state index is 5.78. The van der Waals surface area contributed by atoms with Crippen molar-refractivity contribution < 1.29 is 4.74 Å². The first-order valence-corrected chi connectivity index (χ1v) is 5.19. The highest BCUT2D eigenvalue weighted by Crippen LogP contribution is 2.26. The van der Waals surface area contributed by atoms with Crippen LogP contribution in [0.5, 0.6) is 5.19 Å². The molecule has 0 aliphatic heterocycles. The number of benzene rings is 1. The Bertz CT molecular complexity index is 424. The number of hydrogen-bond acceptors (Lipinski definition) is 3. The molecule has 2 rings (SSSR count). The second kappa shape index (κ2) is 3.98. The van der Waals surface area contributed by atoms with Gasteiger partial charge in [-0.2, -0.15) is 0 Å². The van der Waals surface area contributed by atoms with Gasteiger partial charge in [0.2, 0.25) is 0 Å². The van der Waals surface area contributed by atoms with Gasteiger partial charge in [0.25, 0.3) is 5.19 Å². The third kappa shape index (κ3) is 1.89. The van der Waals surface area contributed by atoms with E-state index in [9.17, 15) is 0 Å². The Morgan fingerprint density at radius 2 is 2.00 bits per heavy atom. The topological polar surface area (TPSA) is 22.1 Å². The van der Waals surface area contributed by atoms with E-state index in [0.29, 0.717) is 5.19 Å². The van der Waals surface area contributed by atoms with Crippen molar-refractivity contribution in [3.8, 4) is 16.5 Å². The van der Waals surface area contributed by atoms with Crippen LogP contribution >= 0.6 is 22.9 Å². The van der Waals surface area contributed by atoms with Gasteiger partial charge in [-0.05, 0) is 12.1 Å². The lowest BCUT2D eigenvalue weighted by Gasteiger charge is -1.95. The molecule has 71 valence electrons.